The van der Waals surface area contributed by atoms with Gasteiger partial charge in [-0.3, -0.25) is 9.36 Å². The number of fused-ring (bicyclic) bond motifs is 2. The van der Waals surface area contributed by atoms with Crippen molar-refractivity contribution in [1.82, 2.24) is 9.55 Å². The van der Waals surface area contributed by atoms with E-state index in [9.17, 15) is 4.79 Å². The molecule has 0 spiro atoms. The number of alkyl halides is 1. The molecule has 3 aromatic carbocycles. The van der Waals surface area contributed by atoms with Crippen molar-refractivity contribution in [1.29, 1.82) is 0 Å². The van der Waals surface area contributed by atoms with E-state index in [1.807, 2.05) is 65.2 Å². The largest absolute Gasteiger partial charge is 0.291 e. The van der Waals surface area contributed by atoms with Crippen LogP contribution in [-0.4, -0.2) is 9.55 Å². The van der Waals surface area contributed by atoms with Gasteiger partial charge in [-0.15, -0.1) is 0 Å². The molecular weight excluding hydrogens is 400 g/mol. The summed E-state index contributed by atoms with van der Waals surface area (Å²) >= 11 is 3.76. The lowest BCUT2D eigenvalue weighted by molar-refractivity contribution is 0.569. The third kappa shape index (κ3) is 3.42. The number of halogens is 1. The van der Waals surface area contributed by atoms with Crippen molar-refractivity contribution >= 4 is 37.6 Å². The van der Waals surface area contributed by atoms with Crippen molar-refractivity contribution < 1.29 is 0 Å². The molecule has 0 aliphatic heterocycles. The maximum absolute atomic E-state index is 13.4. The fourth-order valence-electron chi connectivity index (χ4n) is 3.35. The SMILES string of the molecule is CC(C)C(Br)c1nc2cc3ccccc3cc2c(=O)n1Cc1ccccc1. The Morgan fingerprint density at radius 1 is 0.963 bits per heavy atom. The monoisotopic (exact) mass is 420 g/mol. The Balaban J connectivity index is 2.00. The number of hydrogen-bond donors (Lipinski definition) is 0. The first-order valence-corrected chi connectivity index (χ1v) is 10.1. The van der Waals surface area contributed by atoms with E-state index in [0.717, 1.165) is 27.7 Å². The summed E-state index contributed by atoms with van der Waals surface area (Å²) < 4.78 is 1.81. The van der Waals surface area contributed by atoms with Crippen LogP contribution in [0, 0.1) is 5.92 Å². The summed E-state index contributed by atoms with van der Waals surface area (Å²) in [5.74, 6) is 1.10. The predicted molar refractivity (Wildman–Crippen MR) is 116 cm³/mol. The maximum atomic E-state index is 13.4. The van der Waals surface area contributed by atoms with Crippen molar-refractivity contribution in [2.24, 2.45) is 5.92 Å². The van der Waals surface area contributed by atoms with Crippen molar-refractivity contribution in [2.75, 3.05) is 0 Å². The van der Waals surface area contributed by atoms with Gasteiger partial charge in [0.05, 0.1) is 22.3 Å². The van der Waals surface area contributed by atoms with Crippen LogP contribution in [0.15, 0.2) is 71.5 Å². The lowest BCUT2D eigenvalue weighted by Gasteiger charge is -2.20. The van der Waals surface area contributed by atoms with E-state index in [2.05, 4.69) is 35.8 Å². The van der Waals surface area contributed by atoms with Gasteiger partial charge in [0.25, 0.3) is 5.56 Å². The first-order valence-electron chi connectivity index (χ1n) is 9.16. The zero-order valence-electron chi connectivity index (χ0n) is 15.4. The fourth-order valence-corrected chi connectivity index (χ4v) is 3.70. The third-order valence-corrected chi connectivity index (χ3v) is 6.33. The molecule has 0 radical (unpaired) electrons. The molecule has 0 N–H and O–H groups in total. The van der Waals surface area contributed by atoms with Gasteiger partial charge in [0.1, 0.15) is 5.82 Å². The summed E-state index contributed by atoms with van der Waals surface area (Å²) in [7, 11) is 0. The van der Waals surface area contributed by atoms with Crippen molar-refractivity contribution in [3.63, 3.8) is 0 Å². The minimum Gasteiger partial charge on any atom is -0.291 e. The van der Waals surface area contributed by atoms with Crippen molar-refractivity contribution in [3.05, 3.63) is 88.5 Å². The molecule has 1 heterocycles. The smallest absolute Gasteiger partial charge is 0.261 e. The highest BCUT2D eigenvalue weighted by Crippen LogP contribution is 2.30. The Morgan fingerprint density at radius 2 is 1.59 bits per heavy atom. The lowest BCUT2D eigenvalue weighted by atomic mass is 10.1. The molecule has 4 heteroatoms. The molecule has 0 saturated heterocycles. The second-order valence-electron chi connectivity index (χ2n) is 7.21. The molecule has 4 aromatic rings. The number of hydrogen-bond acceptors (Lipinski definition) is 2. The van der Waals surface area contributed by atoms with Gasteiger partial charge in [0.2, 0.25) is 0 Å². The van der Waals surface area contributed by atoms with E-state index in [0.29, 0.717) is 17.8 Å². The van der Waals surface area contributed by atoms with Crippen molar-refractivity contribution in [2.45, 2.75) is 25.2 Å². The zero-order chi connectivity index (χ0) is 19.0. The number of nitrogens with zero attached hydrogens (tertiary/aromatic N) is 2. The molecule has 0 saturated carbocycles. The topological polar surface area (TPSA) is 34.9 Å². The van der Waals surface area contributed by atoms with Crippen LogP contribution in [0.3, 0.4) is 0 Å². The summed E-state index contributed by atoms with van der Waals surface area (Å²) in [6.45, 7) is 4.77. The Kier molecular flexibility index (Phi) is 4.83. The standard InChI is InChI=1S/C23H21BrN2O/c1-15(2)21(24)22-25-20-13-18-11-7-6-10-17(18)12-19(20)23(27)26(22)14-16-8-4-3-5-9-16/h3-13,15,21H,14H2,1-2H3. The van der Waals surface area contributed by atoms with Crippen LogP contribution in [0.5, 0.6) is 0 Å². The summed E-state index contributed by atoms with van der Waals surface area (Å²) in [5, 5.41) is 2.82. The average molecular weight is 421 g/mol. The number of rotatable bonds is 4. The molecule has 3 nitrogen and oxygen atoms in total. The van der Waals surface area contributed by atoms with Gasteiger partial charge in [-0.2, -0.15) is 0 Å². The first-order chi connectivity index (χ1) is 13.0. The summed E-state index contributed by atoms with van der Waals surface area (Å²) in [4.78, 5) is 18.4. The van der Waals surface area contributed by atoms with Crippen molar-refractivity contribution in [3.8, 4) is 0 Å². The minimum atomic E-state index is 0.00443. The highest BCUT2D eigenvalue weighted by Gasteiger charge is 2.21. The second kappa shape index (κ2) is 7.28. The van der Waals surface area contributed by atoms with E-state index in [1.54, 1.807) is 0 Å². The highest BCUT2D eigenvalue weighted by atomic mass is 79.9. The molecule has 0 bridgehead atoms. The highest BCUT2D eigenvalue weighted by molar-refractivity contribution is 9.09. The molecule has 0 aliphatic rings. The van der Waals surface area contributed by atoms with Crippen LogP contribution in [0.1, 0.15) is 30.1 Å². The van der Waals surface area contributed by atoms with Gasteiger partial charge in [-0.05, 0) is 34.4 Å². The normalized spacial score (nSPS) is 12.7. The predicted octanol–water partition coefficient (Wildman–Crippen LogP) is 5.69. The van der Waals surface area contributed by atoms with E-state index < -0.39 is 0 Å². The molecule has 0 amide bonds. The van der Waals surface area contributed by atoms with E-state index in [4.69, 9.17) is 4.98 Å². The van der Waals surface area contributed by atoms with Gasteiger partial charge < -0.3 is 0 Å². The molecule has 1 unspecified atom stereocenters. The van der Waals surface area contributed by atoms with Gasteiger partial charge in [0, 0.05) is 0 Å². The van der Waals surface area contributed by atoms with Crippen LogP contribution < -0.4 is 5.56 Å². The molecule has 1 aromatic heterocycles. The Bertz CT molecular complexity index is 1170. The minimum absolute atomic E-state index is 0.00443. The van der Waals surface area contributed by atoms with Gasteiger partial charge in [-0.25, -0.2) is 4.98 Å². The first kappa shape index (κ1) is 17.9. The second-order valence-corrected chi connectivity index (χ2v) is 8.20. The van der Waals surface area contributed by atoms with Crippen LogP contribution >= 0.6 is 15.9 Å². The number of aromatic nitrogens is 2. The van der Waals surface area contributed by atoms with Gasteiger partial charge >= 0.3 is 0 Å². The maximum Gasteiger partial charge on any atom is 0.261 e. The lowest BCUT2D eigenvalue weighted by Crippen LogP contribution is -2.27. The Morgan fingerprint density at radius 3 is 2.26 bits per heavy atom. The van der Waals surface area contributed by atoms with Gasteiger partial charge in [-0.1, -0.05) is 84.4 Å². The van der Waals surface area contributed by atoms with Crippen LogP contribution in [0.2, 0.25) is 0 Å². The molecule has 4 rings (SSSR count). The quantitative estimate of drug-likeness (QED) is 0.314. The van der Waals surface area contributed by atoms with Crippen LogP contribution in [-0.2, 0) is 6.54 Å². The van der Waals surface area contributed by atoms with Gasteiger partial charge in [0.15, 0.2) is 0 Å². The number of benzene rings is 3. The van der Waals surface area contributed by atoms with E-state index in [1.165, 1.54) is 0 Å². The molecule has 0 fully saturated rings. The summed E-state index contributed by atoms with van der Waals surface area (Å²) in [6, 6.07) is 22.1. The summed E-state index contributed by atoms with van der Waals surface area (Å²) in [5.41, 5.74) is 1.85. The molecule has 0 aliphatic carbocycles. The molecule has 1 atom stereocenters. The molecule has 27 heavy (non-hydrogen) atoms. The molecular formula is C23H21BrN2O. The van der Waals surface area contributed by atoms with Crippen LogP contribution in [0.4, 0.5) is 0 Å². The Hall–Kier alpha value is -2.46. The Labute approximate surface area is 166 Å². The fraction of sp³-hybridized carbons (Fsp3) is 0.217. The van der Waals surface area contributed by atoms with E-state index in [-0.39, 0.29) is 10.4 Å². The zero-order valence-corrected chi connectivity index (χ0v) is 17.0. The average Bonchev–Trinajstić information content (AvgIpc) is 2.69. The summed E-state index contributed by atoms with van der Waals surface area (Å²) in [6.07, 6.45) is 0. The van der Waals surface area contributed by atoms with E-state index >= 15 is 0 Å². The third-order valence-electron chi connectivity index (χ3n) is 4.87. The van der Waals surface area contributed by atoms with Crippen LogP contribution in [0.25, 0.3) is 21.7 Å². The molecule has 136 valence electrons.